The maximum absolute atomic E-state index is 13.5. The minimum absolute atomic E-state index is 0.00333. The molecule has 0 aromatic heterocycles. The third-order valence-electron chi connectivity index (χ3n) is 7.03. The van der Waals surface area contributed by atoms with Gasteiger partial charge in [0.25, 0.3) is 11.7 Å². The van der Waals surface area contributed by atoms with Crippen molar-refractivity contribution in [1.29, 1.82) is 0 Å². The van der Waals surface area contributed by atoms with E-state index in [0.29, 0.717) is 34.4 Å². The highest BCUT2D eigenvalue weighted by Crippen LogP contribution is 2.44. The molecule has 1 fully saturated rings. The lowest BCUT2D eigenvalue weighted by Gasteiger charge is -2.27. The summed E-state index contributed by atoms with van der Waals surface area (Å²) >= 11 is 6.39. The van der Waals surface area contributed by atoms with Crippen molar-refractivity contribution in [3.63, 3.8) is 0 Å². The molecular weight excluding hydrogens is 526 g/mol. The van der Waals surface area contributed by atoms with Gasteiger partial charge >= 0.3 is 0 Å². The quantitative estimate of drug-likeness (QED) is 0.149. The van der Waals surface area contributed by atoms with Crippen LogP contribution in [0.25, 0.3) is 5.76 Å². The predicted octanol–water partition coefficient (Wildman–Crippen LogP) is 7.17. The molecule has 0 radical (unpaired) electrons. The molecule has 5 rings (SSSR count). The second kappa shape index (κ2) is 11.3. The lowest BCUT2D eigenvalue weighted by atomic mass is 9.92. The molecule has 1 atom stereocenters. The first-order valence-corrected chi connectivity index (χ1v) is 13.2. The number of hydrogen-bond acceptors (Lipinski definition) is 5. The van der Waals surface area contributed by atoms with E-state index in [1.807, 2.05) is 68.4 Å². The minimum atomic E-state index is -0.861. The summed E-state index contributed by atoms with van der Waals surface area (Å²) in [7, 11) is 1.50. The number of carbonyl (C=O) groups is 2. The van der Waals surface area contributed by atoms with E-state index in [0.717, 1.165) is 22.3 Å². The average molecular weight is 554 g/mol. The predicted molar refractivity (Wildman–Crippen MR) is 156 cm³/mol. The van der Waals surface area contributed by atoms with Crippen molar-refractivity contribution < 1.29 is 24.2 Å². The summed E-state index contributed by atoms with van der Waals surface area (Å²) in [5, 5.41) is 11.8. The number of halogens is 1. The van der Waals surface area contributed by atoms with Crippen LogP contribution in [0.2, 0.25) is 5.02 Å². The van der Waals surface area contributed by atoms with Crippen molar-refractivity contribution in [2.24, 2.45) is 0 Å². The van der Waals surface area contributed by atoms with E-state index >= 15 is 0 Å². The molecule has 1 unspecified atom stereocenters. The molecule has 0 bridgehead atoms. The number of methoxy groups -OCH3 is 1. The highest BCUT2D eigenvalue weighted by molar-refractivity contribution is 6.52. The fraction of sp³-hybridized carbons (Fsp3) is 0.152. The molecule has 0 spiro atoms. The van der Waals surface area contributed by atoms with Crippen molar-refractivity contribution in [1.82, 2.24) is 0 Å². The average Bonchev–Trinajstić information content (AvgIpc) is 3.22. The number of rotatable bonds is 7. The first kappa shape index (κ1) is 27.0. The summed E-state index contributed by atoms with van der Waals surface area (Å²) in [6.45, 7) is 4.17. The zero-order chi connectivity index (χ0) is 28.4. The lowest BCUT2D eigenvalue weighted by Crippen LogP contribution is -2.29. The molecule has 1 N–H and O–H groups in total. The number of nitrogens with zero attached hydrogens (tertiary/aromatic N) is 1. The van der Waals surface area contributed by atoms with E-state index in [9.17, 15) is 14.7 Å². The van der Waals surface area contributed by atoms with Crippen LogP contribution in [-0.4, -0.2) is 23.9 Å². The van der Waals surface area contributed by atoms with Crippen molar-refractivity contribution >= 4 is 34.7 Å². The Morgan fingerprint density at radius 2 is 1.57 bits per heavy atom. The summed E-state index contributed by atoms with van der Waals surface area (Å²) in [6, 6.07) is 26.5. The number of carbonyl (C=O) groups excluding carboxylic acids is 2. The largest absolute Gasteiger partial charge is 0.507 e. The molecule has 1 amide bonds. The Kier molecular flexibility index (Phi) is 7.63. The maximum Gasteiger partial charge on any atom is 0.300 e. The summed E-state index contributed by atoms with van der Waals surface area (Å²) in [6.07, 6.45) is 0. The molecule has 1 heterocycles. The summed E-state index contributed by atoms with van der Waals surface area (Å²) in [4.78, 5) is 28.4. The van der Waals surface area contributed by atoms with Crippen LogP contribution < -0.4 is 14.4 Å². The molecule has 0 saturated carbocycles. The van der Waals surface area contributed by atoms with Crippen LogP contribution in [0.3, 0.4) is 0 Å². The first-order valence-electron chi connectivity index (χ1n) is 12.8. The fourth-order valence-electron chi connectivity index (χ4n) is 4.94. The Labute approximate surface area is 238 Å². The van der Waals surface area contributed by atoms with Crippen molar-refractivity contribution in [2.75, 3.05) is 12.0 Å². The number of amides is 1. The maximum atomic E-state index is 13.5. The zero-order valence-corrected chi connectivity index (χ0v) is 23.1. The third-order valence-corrected chi connectivity index (χ3v) is 7.32. The van der Waals surface area contributed by atoms with Gasteiger partial charge in [0.2, 0.25) is 0 Å². The van der Waals surface area contributed by atoms with E-state index in [2.05, 4.69) is 0 Å². The Hall–Kier alpha value is -4.55. The van der Waals surface area contributed by atoms with Gasteiger partial charge in [-0.05, 0) is 72.5 Å². The number of anilines is 1. The van der Waals surface area contributed by atoms with Crippen molar-refractivity contribution in [2.45, 2.75) is 26.5 Å². The summed E-state index contributed by atoms with van der Waals surface area (Å²) in [5.74, 6) is -0.689. The van der Waals surface area contributed by atoms with E-state index in [1.165, 1.54) is 12.0 Å². The van der Waals surface area contributed by atoms with E-state index in [4.69, 9.17) is 21.1 Å². The third kappa shape index (κ3) is 5.06. The first-order chi connectivity index (χ1) is 19.3. The number of ketones is 1. The highest BCUT2D eigenvalue weighted by atomic mass is 35.5. The number of ether oxygens (including phenoxy) is 2. The zero-order valence-electron chi connectivity index (χ0n) is 22.4. The van der Waals surface area contributed by atoms with Gasteiger partial charge in [0.1, 0.15) is 23.9 Å². The van der Waals surface area contributed by atoms with Crippen LogP contribution in [0, 0.1) is 13.8 Å². The topological polar surface area (TPSA) is 76.1 Å². The van der Waals surface area contributed by atoms with Crippen LogP contribution in [-0.2, 0) is 16.2 Å². The monoisotopic (exact) mass is 553 g/mol. The van der Waals surface area contributed by atoms with Crippen LogP contribution >= 0.6 is 11.6 Å². The molecule has 4 aromatic rings. The van der Waals surface area contributed by atoms with E-state index < -0.39 is 17.7 Å². The lowest BCUT2D eigenvalue weighted by molar-refractivity contribution is -0.132. The molecule has 7 heteroatoms. The standard InChI is InChI=1S/C33H28ClNO5/c1-20-9-7-8-12-25(20)30-29(32(37)33(38)35(30)24-14-16-28(39-3)26(34)18-24)31(36)23-13-15-27(21(2)17-23)40-19-22-10-5-4-6-11-22/h4-18,30,36H,19H2,1-3H3/b31-29+. The fourth-order valence-corrected chi connectivity index (χ4v) is 5.19. The van der Waals surface area contributed by atoms with Gasteiger partial charge in [-0.2, -0.15) is 0 Å². The molecule has 40 heavy (non-hydrogen) atoms. The SMILES string of the molecule is COc1ccc(N2C(=O)C(=O)/C(=C(/O)c3ccc(OCc4ccccc4)c(C)c3)C2c2ccccc2C)cc1Cl. The van der Waals surface area contributed by atoms with Gasteiger partial charge in [-0.25, -0.2) is 0 Å². The second-order valence-electron chi connectivity index (χ2n) is 9.60. The summed E-state index contributed by atoms with van der Waals surface area (Å²) < 4.78 is 11.2. The molecule has 1 aliphatic rings. The normalized spacial score (nSPS) is 16.3. The number of benzene rings is 4. The van der Waals surface area contributed by atoms with Gasteiger partial charge in [0.15, 0.2) is 0 Å². The number of aliphatic hydroxyl groups is 1. The van der Waals surface area contributed by atoms with Crippen molar-refractivity contribution in [3.8, 4) is 11.5 Å². The smallest absolute Gasteiger partial charge is 0.300 e. The number of aryl methyl sites for hydroxylation is 2. The number of Topliss-reactive ketones (excluding diaryl/α,β-unsaturated/α-hetero) is 1. The molecule has 202 valence electrons. The molecule has 1 saturated heterocycles. The van der Waals surface area contributed by atoms with Gasteiger partial charge in [-0.3, -0.25) is 14.5 Å². The Morgan fingerprint density at radius 3 is 2.25 bits per heavy atom. The minimum Gasteiger partial charge on any atom is -0.507 e. The molecule has 0 aliphatic carbocycles. The summed E-state index contributed by atoms with van der Waals surface area (Å²) in [5.41, 5.74) is 4.23. The van der Waals surface area contributed by atoms with Gasteiger partial charge in [0, 0.05) is 11.3 Å². The van der Waals surface area contributed by atoms with Crippen LogP contribution in [0.4, 0.5) is 5.69 Å². The van der Waals surface area contributed by atoms with Gasteiger partial charge in [0.05, 0.1) is 23.7 Å². The number of aliphatic hydroxyl groups excluding tert-OH is 1. The Bertz CT molecular complexity index is 1630. The van der Waals surface area contributed by atoms with Gasteiger partial charge < -0.3 is 14.6 Å². The van der Waals surface area contributed by atoms with Gasteiger partial charge in [-0.15, -0.1) is 0 Å². The Balaban J connectivity index is 1.58. The van der Waals surface area contributed by atoms with Crippen LogP contribution in [0.15, 0.2) is 96.6 Å². The molecule has 1 aliphatic heterocycles. The molecular formula is C33H28ClNO5. The molecule has 4 aromatic carbocycles. The highest BCUT2D eigenvalue weighted by Gasteiger charge is 2.47. The van der Waals surface area contributed by atoms with E-state index in [1.54, 1.807) is 36.4 Å². The van der Waals surface area contributed by atoms with Crippen LogP contribution in [0.1, 0.15) is 33.9 Å². The molecule has 6 nitrogen and oxygen atoms in total. The Morgan fingerprint density at radius 1 is 0.875 bits per heavy atom. The second-order valence-corrected chi connectivity index (χ2v) is 10.0. The van der Waals surface area contributed by atoms with Gasteiger partial charge in [-0.1, -0.05) is 66.2 Å². The van der Waals surface area contributed by atoms with Crippen LogP contribution in [0.5, 0.6) is 11.5 Å². The number of hydrogen-bond donors (Lipinski definition) is 1. The van der Waals surface area contributed by atoms with Crippen molar-refractivity contribution in [3.05, 3.63) is 129 Å². The van der Waals surface area contributed by atoms with E-state index in [-0.39, 0.29) is 11.3 Å².